The number of hydrogen-bond donors (Lipinski definition) is 1. The largest absolute Gasteiger partial charge is 0.368 e. The van der Waals surface area contributed by atoms with Crippen LogP contribution in [-0.2, 0) is 4.79 Å². The van der Waals surface area contributed by atoms with Crippen LogP contribution < -0.4 is 10.2 Å². The van der Waals surface area contributed by atoms with E-state index in [-0.39, 0.29) is 11.2 Å². The Morgan fingerprint density at radius 3 is 2.48 bits per heavy atom. The number of benzene rings is 1. The Labute approximate surface area is 160 Å². The smallest absolute Gasteiger partial charge is 0.224 e. The van der Waals surface area contributed by atoms with Gasteiger partial charge in [0.2, 0.25) is 11.2 Å². The highest BCUT2D eigenvalue weighted by Gasteiger charge is 2.19. The molecule has 1 saturated heterocycles. The van der Waals surface area contributed by atoms with E-state index in [2.05, 4.69) is 20.2 Å². The number of aromatic nitrogens is 2. The molecule has 3 rings (SSSR count). The van der Waals surface area contributed by atoms with Gasteiger partial charge in [0, 0.05) is 38.8 Å². The summed E-state index contributed by atoms with van der Waals surface area (Å²) >= 11 is 18.3. The molecule has 2 aromatic rings. The number of carbonyl (C=O) groups excluding carboxylic acids is 1. The van der Waals surface area contributed by atoms with Crippen molar-refractivity contribution in [1.82, 2.24) is 14.9 Å². The Bertz CT molecular complexity index is 793. The van der Waals surface area contributed by atoms with Crippen molar-refractivity contribution in [3.63, 3.8) is 0 Å². The van der Waals surface area contributed by atoms with E-state index < -0.39 is 0 Å². The molecule has 25 heavy (non-hydrogen) atoms. The summed E-state index contributed by atoms with van der Waals surface area (Å²) in [5.41, 5.74) is 1.68. The highest BCUT2D eigenvalue weighted by atomic mass is 35.5. The highest BCUT2D eigenvalue weighted by molar-refractivity contribution is 6.35. The van der Waals surface area contributed by atoms with Gasteiger partial charge in [-0.15, -0.1) is 0 Å². The summed E-state index contributed by atoms with van der Waals surface area (Å²) in [5, 5.41) is 4.05. The number of nitrogens with one attached hydrogen (secondary N) is 1. The maximum absolute atomic E-state index is 11.4. The summed E-state index contributed by atoms with van der Waals surface area (Å²) in [4.78, 5) is 23.3. The van der Waals surface area contributed by atoms with Gasteiger partial charge in [0.1, 0.15) is 5.02 Å². The third-order valence-electron chi connectivity index (χ3n) is 4.01. The van der Waals surface area contributed by atoms with Crippen LogP contribution >= 0.6 is 34.8 Å². The van der Waals surface area contributed by atoms with Crippen LogP contribution in [0.15, 0.2) is 24.4 Å². The second kappa shape index (κ2) is 7.64. The topological polar surface area (TPSA) is 61.4 Å². The molecular formula is C16H16Cl3N5O. The third-order valence-corrected chi connectivity index (χ3v) is 4.78. The quantitative estimate of drug-likeness (QED) is 0.793. The van der Waals surface area contributed by atoms with Crippen molar-refractivity contribution in [2.75, 3.05) is 36.4 Å². The predicted octanol–water partition coefficient (Wildman–Crippen LogP) is 3.85. The van der Waals surface area contributed by atoms with Gasteiger partial charge in [-0.25, -0.2) is 4.98 Å². The molecule has 0 radical (unpaired) electrons. The molecule has 0 atom stereocenters. The Morgan fingerprint density at radius 2 is 1.84 bits per heavy atom. The molecular weight excluding hydrogens is 385 g/mol. The Morgan fingerprint density at radius 1 is 1.12 bits per heavy atom. The van der Waals surface area contributed by atoms with E-state index in [0.29, 0.717) is 34.6 Å². The van der Waals surface area contributed by atoms with Crippen molar-refractivity contribution >= 4 is 57.9 Å². The standard InChI is InChI=1S/C16H16Cl3N5O/c1-10(25)23-4-6-24(7-5-23)11-2-3-14(12(17)8-11)21-15-13(18)9-20-16(19)22-15/h2-3,8-9H,4-7H2,1H3,(H,20,21,22). The Balaban J connectivity index is 1.73. The molecule has 2 heterocycles. The van der Waals surface area contributed by atoms with Crippen molar-refractivity contribution in [3.05, 3.63) is 39.7 Å². The van der Waals surface area contributed by atoms with E-state index in [1.807, 2.05) is 23.1 Å². The minimum absolute atomic E-state index is 0.1000. The molecule has 1 aromatic heterocycles. The van der Waals surface area contributed by atoms with Crippen molar-refractivity contribution in [3.8, 4) is 0 Å². The van der Waals surface area contributed by atoms with Crippen LogP contribution in [0.4, 0.5) is 17.2 Å². The fraction of sp³-hybridized carbons (Fsp3) is 0.312. The number of carbonyl (C=O) groups is 1. The first kappa shape index (κ1) is 18.0. The maximum Gasteiger partial charge on any atom is 0.224 e. The summed E-state index contributed by atoms with van der Waals surface area (Å²) in [6.45, 7) is 4.56. The number of halogens is 3. The summed E-state index contributed by atoms with van der Waals surface area (Å²) in [7, 11) is 0. The number of anilines is 3. The fourth-order valence-corrected chi connectivity index (χ4v) is 3.14. The van der Waals surface area contributed by atoms with Crippen molar-refractivity contribution in [2.24, 2.45) is 0 Å². The zero-order valence-electron chi connectivity index (χ0n) is 13.5. The maximum atomic E-state index is 11.4. The molecule has 0 unspecified atom stereocenters. The van der Waals surface area contributed by atoms with Gasteiger partial charge in [-0.3, -0.25) is 4.79 Å². The Kier molecular flexibility index (Phi) is 5.51. The predicted molar refractivity (Wildman–Crippen MR) is 101 cm³/mol. The van der Waals surface area contributed by atoms with Gasteiger partial charge in [-0.1, -0.05) is 23.2 Å². The molecule has 1 amide bonds. The Hall–Kier alpha value is -1.76. The van der Waals surface area contributed by atoms with Gasteiger partial charge >= 0.3 is 0 Å². The second-order valence-electron chi connectivity index (χ2n) is 5.62. The molecule has 132 valence electrons. The van der Waals surface area contributed by atoms with E-state index in [4.69, 9.17) is 34.8 Å². The van der Waals surface area contributed by atoms with Crippen molar-refractivity contribution < 1.29 is 4.79 Å². The molecule has 0 aliphatic carbocycles. The molecule has 1 fully saturated rings. The van der Waals surface area contributed by atoms with Crippen LogP contribution in [0.3, 0.4) is 0 Å². The zero-order chi connectivity index (χ0) is 18.0. The van der Waals surface area contributed by atoms with Crippen LogP contribution in [0.2, 0.25) is 15.3 Å². The van der Waals surface area contributed by atoms with Crippen molar-refractivity contribution in [1.29, 1.82) is 0 Å². The van der Waals surface area contributed by atoms with Gasteiger partial charge in [0.15, 0.2) is 5.82 Å². The van der Waals surface area contributed by atoms with Gasteiger partial charge in [-0.05, 0) is 29.8 Å². The van der Waals surface area contributed by atoms with E-state index >= 15 is 0 Å². The van der Waals surface area contributed by atoms with E-state index in [9.17, 15) is 4.79 Å². The zero-order valence-corrected chi connectivity index (χ0v) is 15.7. The van der Waals surface area contributed by atoms with Crippen LogP contribution in [0.1, 0.15) is 6.92 Å². The number of piperazine rings is 1. The monoisotopic (exact) mass is 399 g/mol. The average Bonchev–Trinajstić information content (AvgIpc) is 2.60. The first-order valence-corrected chi connectivity index (χ1v) is 8.82. The minimum Gasteiger partial charge on any atom is -0.368 e. The number of rotatable bonds is 3. The number of nitrogens with zero attached hydrogens (tertiary/aromatic N) is 4. The normalized spacial score (nSPS) is 14.6. The molecule has 0 bridgehead atoms. The molecule has 1 aliphatic rings. The molecule has 0 saturated carbocycles. The lowest BCUT2D eigenvalue weighted by atomic mass is 10.2. The summed E-state index contributed by atoms with van der Waals surface area (Å²) in [5.74, 6) is 0.504. The van der Waals surface area contributed by atoms with Crippen LogP contribution in [0.5, 0.6) is 0 Å². The first-order chi connectivity index (χ1) is 11.9. The van der Waals surface area contributed by atoms with Crippen LogP contribution in [0.25, 0.3) is 0 Å². The second-order valence-corrected chi connectivity index (χ2v) is 6.77. The molecule has 1 N–H and O–H groups in total. The molecule has 6 nitrogen and oxygen atoms in total. The van der Waals surface area contributed by atoms with E-state index in [1.54, 1.807) is 6.92 Å². The molecule has 0 spiro atoms. The molecule has 1 aromatic carbocycles. The average molecular weight is 401 g/mol. The minimum atomic E-state index is 0.1000. The highest BCUT2D eigenvalue weighted by Crippen LogP contribution is 2.32. The third kappa shape index (κ3) is 4.26. The lowest BCUT2D eigenvalue weighted by Gasteiger charge is -2.35. The fourth-order valence-electron chi connectivity index (χ4n) is 2.64. The van der Waals surface area contributed by atoms with E-state index in [0.717, 1.165) is 18.8 Å². The number of hydrogen-bond acceptors (Lipinski definition) is 5. The molecule has 1 aliphatic heterocycles. The lowest BCUT2D eigenvalue weighted by molar-refractivity contribution is -0.129. The van der Waals surface area contributed by atoms with Crippen molar-refractivity contribution in [2.45, 2.75) is 6.92 Å². The summed E-state index contributed by atoms with van der Waals surface area (Å²) < 4.78 is 0. The number of amides is 1. The van der Waals surface area contributed by atoms with Crippen LogP contribution in [-0.4, -0.2) is 47.0 Å². The van der Waals surface area contributed by atoms with Gasteiger partial charge in [0.05, 0.1) is 16.9 Å². The SMILES string of the molecule is CC(=O)N1CCN(c2ccc(Nc3nc(Cl)ncc3Cl)c(Cl)c2)CC1. The van der Waals surface area contributed by atoms with Gasteiger partial charge in [0.25, 0.3) is 0 Å². The summed E-state index contributed by atoms with van der Waals surface area (Å²) in [6, 6.07) is 5.71. The molecule has 9 heteroatoms. The summed E-state index contributed by atoms with van der Waals surface area (Å²) in [6.07, 6.45) is 1.43. The van der Waals surface area contributed by atoms with Gasteiger partial charge in [-0.2, -0.15) is 4.98 Å². The van der Waals surface area contributed by atoms with Crippen LogP contribution in [0, 0.1) is 0 Å². The van der Waals surface area contributed by atoms with E-state index in [1.165, 1.54) is 6.20 Å². The lowest BCUT2D eigenvalue weighted by Crippen LogP contribution is -2.48. The van der Waals surface area contributed by atoms with Gasteiger partial charge < -0.3 is 15.1 Å². The first-order valence-electron chi connectivity index (χ1n) is 7.69.